The zero-order valence-electron chi connectivity index (χ0n) is 18.8. The van der Waals surface area contributed by atoms with Crippen LogP contribution in [0.3, 0.4) is 0 Å². The molecule has 1 fully saturated rings. The molecule has 8 nitrogen and oxygen atoms in total. The van der Waals surface area contributed by atoms with Crippen LogP contribution in [0.1, 0.15) is 18.1 Å². The summed E-state index contributed by atoms with van der Waals surface area (Å²) in [6.07, 6.45) is 1.61. The molecule has 174 valence electrons. The fourth-order valence-electron chi connectivity index (χ4n) is 3.63. The monoisotopic (exact) mass is 451 g/mol. The number of allylic oxidation sites excluding steroid dienone is 2. The molecule has 2 aromatic rings. The van der Waals surface area contributed by atoms with Crippen molar-refractivity contribution in [3.05, 3.63) is 89.9 Å². The number of hydrazine groups is 1. The highest BCUT2D eigenvalue weighted by Gasteiger charge is 2.20. The van der Waals surface area contributed by atoms with Gasteiger partial charge < -0.3 is 21.1 Å². The fraction of sp³-hybridized carbons (Fsp3) is 0.250. The summed E-state index contributed by atoms with van der Waals surface area (Å²) < 4.78 is 19.5. The van der Waals surface area contributed by atoms with E-state index in [4.69, 9.17) is 22.0 Å². The van der Waals surface area contributed by atoms with Crippen LogP contribution in [-0.2, 0) is 11.3 Å². The second kappa shape index (κ2) is 10.8. The third-order valence-corrected chi connectivity index (χ3v) is 5.28. The molecule has 0 radical (unpaired) electrons. The summed E-state index contributed by atoms with van der Waals surface area (Å²) in [6, 6.07) is 10.0. The Labute approximate surface area is 193 Å². The first-order valence-corrected chi connectivity index (χ1v) is 10.5. The van der Waals surface area contributed by atoms with E-state index in [-0.39, 0.29) is 18.2 Å². The lowest BCUT2D eigenvalue weighted by atomic mass is 10.1. The standard InChI is InChI=1S/C24H30FN7O/c1-16(17(2)30-18(3)22(23(26)27)31-11-13-33-14-12-31)20-8-6-10-29-24(20)32(28)15-19-7-4-5-9-21(19)25/h4-10H,1-2,11-15,26-28H2,3H3/b30-18-. The van der Waals surface area contributed by atoms with Crippen LogP contribution in [0.4, 0.5) is 10.2 Å². The molecule has 1 saturated heterocycles. The first-order valence-electron chi connectivity index (χ1n) is 10.5. The summed E-state index contributed by atoms with van der Waals surface area (Å²) in [5, 5.41) is 1.37. The summed E-state index contributed by atoms with van der Waals surface area (Å²) in [5.74, 6) is 6.53. The summed E-state index contributed by atoms with van der Waals surface area (Å²) >= 11 is 0. The SMILES string of the molecule is C=C(/N=C(/C)C(=C(N)N)N1CCOCC1)C(=C)c1cccnc1N(N)Cc1ccccc1F. The highest BCUT2D eigenvalue weighted by atomic mass is 19.1. The number of morpholine rings is 1. The van der Waals surface area contributed by atoms with Gasteiger partial charge in [0.05, 0.1) is 36.9 Å². The minimum atomic E-state index is -0.337. The average molecular weight is 452 g/mol. The molecule has 0 bridgehead atoms. The second-order valence-electron chi connectivity index (χ2n) is 7.62. The lowest BCUT2D eigenvalue weighted by molar-refractivity contribution is 0.0559. The highest BCUT2D eigenvalue weighted by molar-refractivity contribution is 6.00. The van der Waals surface area contributed by atoms with Gasteiger partial charge in [-0.25, -0.2) is 15.2 Å². The van der Waals surface area contributed by atoms with Gasteiger partial charge in [-0.3, -0.25) is 10.0 Å². The summed E-state index contributed by atoms with van der Waals surface area (Å²) in [5.41, 5.74) is 15.2. The molecule has 0 saturated carbocycles. The van der Waals surface area contributed by atoms with E-state index in [1.165, 1.54) is 11.1 Å². The second-order valence-corrected chi connectivity index (χ2v) is 7.62. The Morgan fingerprint density at radius 2 is 1.88 bits per heavy atom. The van der Waals surface area contributed by atoms with E-state index in [1.54, 1.807) is 30.5 Å². The minimum absolute atomic E-state index is 0.131. The number of anilines is 1. The van der Waals surface area contributed by atoms with E-state index in [1.807, 2.05) is 17.9 Å². The molecule has 0 aliphatic carbocycles. The van der Waals surface area contributed by atoms with Crippen molar-refractivity contribution in [2.45, 2.75) is 13.5 Å². The Hall–Kier alpha value is -3.69. The van der Waals surface area contributed by atoms with Gasteiger partial charge in [0.2, 0.25) is 0 Å². The Kier molecular flexibility index (Phi) is 7.81. The predicted octanol–water partition coefficient (Wildman–Crippen LogP) is 2.51. The van der Waals surface area contributed by atoms with Crippen LogP contribution in [0.5, 0.6) is 0 Å². The van der Waals surface area contributed by atoms with E-state index in [0.29, 0.717) is 65.9 Å². The van der Waals surface area contributed by atoms with Gasteiger partial charge in [-0.15, -0.1) is 0 Å². The van der Waals surface area contributed by atoms with Gasteiger partial charge >= 0.3 is 0 Å². The molecule has 1 aliphatic rings. The molecular formula is C24H30FN7O. The van der Waals surface area contributed by atoms with E-state index in [0.717, 1.165) is 0 Å². The molecule has 0 spiro atoms. The van der Waals surface area contributed by atoms with Crippen LogP contribution in [0.2, 0.25) is 0 Å². The Bertz CT molecular complexity index is 1090. The van der Waals surface area contributed by atoms with Crippen molar-refractivity contribution in [1.82, 2.24) is 9.88 Å². The Morgan fingerprint density at radius 3 is 2.55 bits per heavy atom. The molecule has 1 aromatic carbocycles. The maximum absolute atomic E-state index is 14.1. The molecule has 6 N–H and O–H groups in total. The number of nitrogens with two attached hydrogens (primary N) is 3. The number of pyridine rings is 1. The van der Waals surface area contributed by atoms with Crippen LogP contribution in [0, 0.1) is 5.82 Å². The molecule has 33 heavy (non-hydrogen) atoms. The molecule has 0 atom stereocenters. The molecule has 0 amide bonds. The Morgan fingerprint density at radius 1 is 1.18 bits per heavy atom. The quantitative estimate of drug-likeness (QED) is 0.244. The van der Waals surface area contributed by atoms with E-state index >= 15 is 0 Å². The normalized spacial score (nSPS) is 14.0. The van der Waals surface area contributed by atoms with Crippen LogP contribution < -0.4 is 22.3 Å². The van der Waals surface area contributed by atoms with Crippen molar-refractivity contribution < 1.29 is 9.13 Å². The summed E-state index contributed by atoms with van der Waals surface area (Å²) in [7, 11) is 0. The highest BCUT2D eigenvalue weighted by Crippen LogP contribution is 2.29. The number of hydrogen-bond acceptors (Lipinski definition) is 8. The number of ether oxygens (including phenoxy) is 1. The maximum Gasteiger partial charge on any atom is 0.150 e. The number of halogens is 1. The van der Waals surface area contributed by atoms with Crippen molar-refractivity contribution in [3.63, 3.8) is 0 Å². The van der Waals surface area contributed by atoms with E-state index in [9.17, 15) is 4.39 Å². The van der Waals surface area contributed by atoms with Crippen LogP contribution in [0.15, 0.2) is 78.0 Å². The molecule has 1 aromatic heterocycles. The molecule has 1 aliphatic heterocycles. The zero-order chi connectivity index (χ0) is 24.0. The number of aliphatic imine (C=N–C) groups is 1. The smallest absolute Gasteiger partial charge is 0.150 e. The lowest BCUT2D eigenvalue weighted by Crippen LogP contribution is -2.40. The van der Waals surface area contributed by atoms with Crippen LogP contribution in [0.25, 0.3) is 5.57 Å². The van der Waals surface area contributed by atoms with Gasteiger partial charge in [-0.05, 0) is 25.1 Å². The van der Waals surface area contributed by atoms with Crippen molar-refractivity contribution in [2.75, 3.05) is 31.3 Å². The molecule has 9 heteroatoms. The minimum Gasteiger partial charge on any atom is -0.384 e. The third kappa shape index (κ3) is 5.76. The number of nitrogens with zero attached hydrogens (tertiary/aromatic N) is 4. The largest absolute Gasteiger partial charge is 0.384 e. The van der Waals surface area contributed by atoms with E-state index in [2.05, 4.69) is 23.1 Å². The summed E-state index contributed by atoms with van der Waals surface area (Å²) in [6.45, 7) is 12.7. The first-order chi connectivity index (χ1) is 15.8. The van der Waals surface area contributed by atoms with E-state index < -0.39 is 0 Å². The molecule has 0 unspecified atom stereocenters. The number of aromatic nitrogens is 1. The Balaban J connectivity index is 1.84. The van der Waals surface area contributed by atoms with Gasteiger partial charge in [0.25, 0.3) is 0 Å². The summed E-state index contributed by atoms with van der Waals surface area (Å²) in [4.78, 5) is 11.0. The predicted molar refractivity (Wildman–Crippen MR) is 130 cm³/mol. The van der Waals surface area contributed by atoms with Gasteiger partial charge in [0.15, 0.2) is 5.82 Å². The number of hydrogen-bond donors (Lipinski definition) is 3. The van der Waals surface area contributed by atoms with Gasteiger partial charge in [0.1, 0.15) is 11.6 Å². The zero-order valence-corrected chi connectivity index (χ0v) is 18.8. The van der Waals surface area contributed by atoms with Crippen molar-refractivity contribution in [1.29, 1.82) is 0 Å². The topological polar surface area (TPSA) is 119 Å². The third-order valence-electron chi connectivity index (χ3n) is 5.28. The fourth-order valence-corrected chi connectivity index (χ4v) is 3.63. The van der Waals surface area contributed by atoms with Crippen LogP contribution >= 0.6 is 0 Å². The maximum atomic E-state index is 14.1. The molecular weight excluding hydrogens is 421 g/mol. The number of rotatable bonds is 8. The molecule has 2 heterocycles. The van der Waals surface area contributed by atoms with Crippen LogP contribution in [-0.4, -0.2) is 41.9 Å². The van der Waals surface area contributed by atoms with Gasteiger partial charge in [-0.2, -0.15) is 0 Å². The molecule has 3 rings (SSSR count). The first kappa shape index (κ1) is 24.0. The van der Waals surface area contributed by atoms with Crippen molar-refractivity contribution in [3.8, 4) is 0 Å². The number of benzene rings is 1. The average Bonchev–Trinajstić information content (AvgIpc) is 2.80. The van der Waals surface area contributed by atoms with Gasteiger partial charge in [0, 0.05) is 36.0 Å². The van der Waals surface area contributed by atoms with Gasteiger partial charge in [-0.1, -0.05) is 31.4 Å². The lowest BCUT2D eigenvalue weighted by Gasteiger charge is -2.31. The van der Waals surface area contributed by atoms with Crippen molar-refractivity contribution >= 4 is 17.1 Å². The van der Waals surface area contributed by atoms with Crippen molar-refractivity contribution in [2.24, 2.45) is 22.3 Å².